The van der Waals surface area contributed by atoms with Crippen molar-refractivity contribution in [3.05, 3.63) is 58.3 Å². The molecule has 3 aromatic rings. The first kappa shape index (κ1) is 15.0. The molecule has 2 aromatic carbocycles. The van der Waals surface area contributed by atoms with Crippen molar-refractivity contribution in [1.82, 2.24) is 0 Å². The van der Waals surface area contributed by atoms with Crippen molar-refractivity contribution in [3.8, 4) is 0 Å². The molecule has 1 heterocycles. The lowest BCUT2D eigenvalue weighted by Gasteiger charge is -2.12. The zero-order valence-corrected chi connectivity index (χ0v) is 14.9. The first-order valence-corrected chi connectivity index (χ1v) is 9.37. The minimum Gasteiger partial charge on any atom is -0.288 e. The van der Waals surface area contributed by atoms with Crippen LogP contribution in [0.25, 0.3) is 20.2 Å². The number of hydrogen-bond donors (Lipinski definition) is 0. The van der Waals surface area contributed by atoms with Gasteiger partial charge in [0, 0.05) is 24.1 Å². The molecule has 0 fully saturated rings. The summed E-state index contributed by atoms with van der Waals surface area (Å²) in [5.74, 6) is 0. The first-order chi connectivity index (χ1) is 10.2. The molecule has 0 aliphatic rings. The molecule has 1 aromatic heterocycles. The minimum atomic E-state index is 0.188. The summed E-state index contributed by atoms with van der Waals surface area (Å²) in [6.07, 6.45) is 3.53. The van der Waals surface area contributed by atoms with Crippen LogP contribution in [0.4, 0.5) is 0 Å². The summed E-state index contributed by atoms with van der Waals surface area (Å²) in [7, 11) is 0. The van der Waals surface area contributed by atoms with Crippen LogP contribution in [0.15, 0.2) is 47.3 Å². The molecule has 0 spiro atoms. The second-order valence-corrected chi connectivity index (χ2v) is 7.84. The van der Waals surface area contributed by atoms with E-state index in [9.17, 15) is 4.79 Å². The van der Waals surface area contributed by atoms with Gasteiger partial charge in [-0.1, -0.05) is 66.6 Å². The van der Waals surface area contributed by atoms with Crippen LogP contribution in [0.5, 0.6) is 0 Å². The molecule has 1 atom stereocenters. The Labute approximate surface area is 142 Å². The van der Waals surface area contributed by atoms with Crippen LogP contribution >= 0.6 is 33.9 Å². The van der Waals surface area contributed by atoms with Crippen LogP contribution in [0.3, 0.4) is 0 Å². The van der Waals surface area contributed by atoms with E-state index in [2.05, 4.69) is 47.7 Å². The number of unbranched alkanes of at least 4 members (excludes halogenated alkanes) is 1. The molecule has 0 amide bonds. The van der Waals surface area contributed by atoms with Gasteiger partial charge in [-0.05, 0) is 30.2 Å². The third-order valence-electron chi connectivity index (χ3n) is 3.79. The highest BCUT2D eigenvalue weighted by atomic mass is 127. The fourth-order valence-electron chi connectivity index (χ4n) is 2.67. The summed E-state index contributed by atoms with van der Waals surface area (Å²) in [6.45, 7) is 2.21. The Morgan fingerprint density at radius 1 is 1.10 bits per heavy atom. The van der Waals surface area contributed by atoms with Crippen molar-refractivity contribution in [1.29, 1.82) is 0 Å². The van der Waals surface area contributed by atoms with E-state index in [1.165, 1.54) is 18.4 Å². The third kappa shape index (κ3) is 2.86. The molecular weight excluding hydrogens is 391 g/mol. The number of benzene rings is 2. The summed E-state index contributed by atoms with van der Waals surface area (Å²) in [4.78, 5) is 12.9. The number of rotatable bonds is 4. The van der Waals surface area contributed by atoms with Gasteiger partial charge < -0.3 is 0 Å². The number of hydrogen-bond acceptors (Lipinski definition) is 2. The molecule has 0 aliphatic carbocycles. The van der Waals surface area contributed by atoms with Crippen molar-refractivity contribution < 1.29 is 0 Å². The van der Waals surface area contributed by atoms with E-state index in [1.807, 2.05) is 24.3 Å². The van der Waals surface area contributed by atoms with Crippen molar-refractivity contribution in [2.75, 3.05) is 0 Å². The van der Waals surface area contributed by atoms with E-state index in [-0.39, 0.29) is 5.43 Å². The maximum atomic E-state index is 12.9. The Morgan fingerprint density at radius 2 is 1.86 bits per heavy atom. The van der Waals surface area contributed by atoms with Gasteiger partial charge in [-0.15, -0.1) is 11.3 Å². The van der Waals surface area contributed by atoms with Gasteiger partial charge in [0.25, 0.3) is 0 Å². The van der Waals surface area contributed by atoms with Crippen LogP contribution in [-0.4, -0.2) is 0 Å². The Hall–Kier alpha value is -0.940. The highest BCUT2D eigenvalue weighted by Gasteiger charge is 2.15. The lowest BCUT2D eigenvalue weighted by Crippen LogP contribution is -2.05. The molecule has 0 bridgehead atoms. The first-order valence-electron chi connectivity index (χ1n) is 7.31. The number of halogens is 1. The largest absolute Gasteiger partial charge is 0.288 e. The molecule has 0 radical (unpaired) electrons. The molecule has 3 rings (SSSR count). The molecule has 1 unspecified atom stereocenters. The van der Waals surface area contributed by atoms with Crippen LogP contribution in [0.2, 0.25) is 0 Å². The summed E-state index contributed by atoms with van der Waals surface area (Å²) >= 11 is 4.20. The molecular formula is C18H17IOS. The van der Waals surface area contributed by atoms with E-state index in [0.717, 1.165) is 26.6 Å². The van der Waals surface area contributed by atoms with Gasteiger partial charge in [-0.25, -0.2) is 0 Å². The number of alkyl halides is 1. The maximum Gasteiger partial charge on any atom is 0.196 e. The highest BCUT2D eigenvalue weighted by Crippen LogP contribution is 2.35. The topological polar surface area (TPSA) is 17.1 Å². The zero-order valence-electron chi connectivity index (χ0n) is 11.9. The fraction of sp³-hybridized carbons (Fsp3) is 0.278. The van der Waals surface area contributed by atoms with Gasteiger partial charge in [-0.2, -0.15) is 0 Å². The predicted molar refractivity (Wildman–Crippen MR) is 102 cm³/mol. The lowest BCUT2D eigenvalue weighted by molar-refractivity contribution is 0.722. The number of fused-ring (bicyclic) bond motifs is 2. The fourth-order valence-corrected chi connectivity index (χ4v) is 4.75. The Balaban J connectivity index is 2.27. The molecule has 0 aliphatic heterocycles. The second-order valence-electron chi connectivity index (χ2n) is 5.26. The summed E-state index contributed by atoms with van der Waals surface area (Å²) < 4.78 is 2.59. The average molecular weight is 408 g/mol. The Morgan fingerprint density at radius 3 is 2.67 bits per heavy atom. The molecule has 1 nitrogen and oxygen atoms in total. The van der Waals surface area contributed by atoms with Gasteiger partial charge in [0.15, 0.2) is 5.43 Å². The summed E-state index contributed by atoms with van der Waals surface area (Å²) in [6, 6.07) is 14.2. The van der Waals surface area contributed by atoms with E-state index < -0.39 is 0 Å². The quantitative estimate of drug-likeness (QED) is 0.291. The van der Waals surface area contributed by atoms with Gasteiger partial charge in [-0.3, -0.25) is 4.79 Å². The van der Waals surface area contributed by atoms with Crippen LogP contribution in [0, 0.1) is 0 Å². The molecule has 0 saturated carbocycles. The van der Waals surface area contributed by atoms with Crippen LogP contribution < -0.4 is 5.43 Å². The SMILES string of the molecule is CCCCC(I)c1cccc2sc3ccccc3c(=O)c12. The summed E-state index contributed by atoms with van der Waals surface area (Å²) in [5.41, 5.74) is 1.39. The summed E-state index contributed by atoms with van der Waals surface area (Å²) in [5, 5.41) is 1.78. The van der Waals surface area contributed by atoms with Crippen molar-refractivity contribution >= 4 is 54.1 Å². The Kier molecular flexibility index (Phi) is 4.60. The van der Waals surface area contributed by atoms with Crippen molar-refractivity contribution in [2.45, 2.75) is 30.1 Å². The molecule has 3 heteroatoms. The van der Waals surface area contributed by atoms with E-state index in [4.69, 9.17) is 0 Å². The van der Waals surface area contributed by atoms with Crippen LogP contribution in [0.1, 0.15) is 35.7 Å². The van der Waals surface area contributed by atoms with E-state index in [1.54, 1.807) is 11.3 Å². The second kappa shape index (κ2) is 6.44. The van der Waals surface area contributed by atoms with E-state index in [0.29, 0.717) is 3.92 Å². The zero-order chi connectivity index (χ0) is 14.8. The van der Waals surface area contributed by atoms with Crippen molar-refractivity contribution in [3.63, 3.8) is 0 Å². The van der Waals surface area contributed by atoms with Crippen LogP contribution in [-0.2, 0) is 0 Å². The minimum absolute atomic E-state index is 0.188. The normalized spacial score (nSPS) is 12.9. The van der Waals surface area contributed by atoms with E-state index >= 15 is 0 Å². The molecule has 108 valence electrons. The van der Waals surface area contributed by atoms with Crippen molar-refractivity contribution in [2.24, 2.45) is 0 Å². The third-order valence-corrected chi connectivity index (χ3v) is 6.22. The van der Waals surface area contributed by atoms with Gasteiger partial charge in [0.1, 0.15) is 0 Å². The standard InChI is InChI=1S/C18H17IOS/c1-2-3-9-14(19)12-8-6-11-16-17(12)18(20)13-7-4-5-10-15(13)21-16/h4-8,10-11,14H,2-3,9H2,1H3. The van der Waals surface area contributed by atoms with Gasteiger partial charge >= 0.3 is 0 Å². The average Bonchev–Trinajstić information content (AvgIpc) is 2.52. The predicted octanol–water partition coefficient (Wildman–Crippen LogP) is 6.08. The van der Waals surface area contributed by atoms with Gasteiger partial charge in [0.2, 0.25) is 0 Å². The van der Waals surface area contributed by atoms with Gasteiger partial charge in [0.05, 0.1) is 0 Å². The monoisotopic (exact) mass is 408 g/mol. The Bertz CT molecular complexity index is 837. The maximum absolute atomic E-state index is 12.9. The lowest BCUT2D eigenvalue weighted by atomic mass is 10.0. The molecule has 0 N–H and O–H groups in total. The highest BCUT2D eigenvalue weighted by molar-refractivity contribution is 14.1. The smallest absolute Gasteiger partial charge is 0.196 e. The molecule has 0 saturated heterocycles. The molecule has 21 heavy (non-hydrogen) atoms.